The minimum absolute atomic E-state index is 0.226. The molecule has 0 aliphatic carbocycles. The fourth-order valence-electron chi connectivity index (χ4n) is 2.24. The molecular formula is C17H23N3O4. The summed E-state index contributed by atoms with van der Waals surface area (Å²) in [4.78, 5) is 28.2. The van der Waals surface area contributed by atoms with Crippen LogP contribution in [0.5, 0.6) is 0 Å². The number of hydrogen-bond donors (Lipinski definition) is 1. The minimum Gasteiger partial charge on any atom is -0.460 e. The maximum absolute atomic E-state index is 12.1. The zero-order valence-corrected chi connectivity index (χ0v) is 14.5. The van der Waals surface area contributed by atoms with Gasteiger partial charge in [0.2, 0.25) is 5.82 Å². The molecule has 0 saturated carbocycles. The average molecular weight is 333 g/mol. The first-order chi connectivity index (χ1) is 11.3. The highest BCUT2D eigenvalue weighted by molar-refractivity contribution is 5.91. The predicted octanol–water partition coefficient (Wildman–Crippen LogP) is 2.74. The molecule has 0 fully saturated rings. The Labute approximate surface area is 141 Å². The molecule has 0 unspecified atom stereocenters. The largest absolute Gasteiger partial charge is 0.460 e. The molecule has 0 atom stereocenters. The molecule has 1 aromatic carbocycles. The second kappa shape index (κ2) is 7.33. The summed E-state index contributed by atoms with van der Waals surface area (Å²) in [7, 11) is 0. The van der Waals surface area contributed by atoms with E-state index in [0.717, 1.165) is 5.52 Å². The van der Waals surface area contributed by atoms with Gasteiger partial charge in [0.25, 0.3) is 0 Å². The van der Waals surface area contributed by atoms with Gasteiger partial charge in [-0.1, -0.05) is 12.1 Å². The molecule has 24 heavy (non-hydrogen) atoms. The Hall–Kier alpha value is -2.57. The molecule has 7 nitrogen and oxygen atoms in total. The number of amides is 1. The fourth-order valence-corrected chi connectivity index (χ4v) is 2.24. The number of fused-ring (bicyclic) bond motifs is 1. The van der Waals surface area contributed by atoms with Crippen molar-refractivity contribution < 1.29 is 19.1 Å². The number of ether oxygens (including phenoxy) is 2. The van der Waals surface area contributed by atoms with E-state index in [9.17, 15) is 9.59 Å². The van der Waals surface area contributed by atoms with Crippen molar-refractivity contribution in [2.24, 2.45) is 0 Å². The van der Waals surface area contributed by atoms with E-state index in [1.165, 1.54) is 0 Å². The van der Waals surface area contributed by atoms with Crippen LogP contribution < -0.4 is 5.32 Å². The SMILES string of the molecule is CCOC(=O)c1nc2ccccc2n1CCNC(=O)OC(C)(C)C. The fraction of sp³-hybridized carbons (Fsp3) is 0.471. The molecule has 0 saturated heterocycles. The van der Waals surface area contributed by atoms with Crippen LogP contribution >= 0.6 is 0 Å². The molecule has 1 amide bonds. The van der Waals surface area contributed by atoms with Crippen molar-refractivity contribution in [3.8, 4) is 0 Å². The van der Waals surface area contributed by atoms with E-state index < -0.39 is 17.7 Å². The number of alkyl carbamates (subject to hydrolysis) is 1. The van der Waals surface area contributed by atoms with Crippen molar-refractivity contribution in [2.45, 2.75) is 39.8 Å². The lowest BCUT2D eigenvalue weighted by molar-refractivity contribution is 0.0507. The van der Waals surface area contributed by atoms with E-state index in [-0.39, 0.29) is 12.4 Å². The molecule has 130 valence electrons. The zero-order chi connectivity index (χ0) is 17.7. The summed E-state index contributed by atoms with van der Waals surface area (Å²) in [5.74, 6) is -0.255. The number of hydrogen-bond acceptors (Lipinski definition) is 5. The third-order valence-corrected chi connectivity index (χ3v) is 3.12. The lowest BCUT2D eigenvalue weighted by Crippen LogP contribution is -2.34. The summed E-state index contributed by atoms with van der Waals surface area (Å²) in [5, 5.41) is 2.68. The van der Waals surface area contributed by atoms with Gasteiger partial charge in [0.1, 0.15) is 5.60 Å². The summed E-state index contributed by atoms with van der Waals surface area (Å²) >= 11 is 0. The van der Waals surface area contributed by atoms with Gasteiger partial charge >= 0.3 is 12.1 Å². The van der Waals surface area contributed by atoms with Crippen LogP contribution in [0.25, 0.3) is 11.0 Å². The van der Waals surface area contributed by atoms with Crippen molar-refractivity contribution in [2.75, 3.05) is 13.2 Å². The van der Waals surface area contributed by atoms with Crippen LogP contribution in [0.15, 0.2) is 24.3 Å². The number of aromatic nitrogens is 2. The Morgan fingerprint density at radius 2 is 1.96 bits per heavy atom. The number of rotatable bonds is 5. The van der Waals surface area contributed by atoms with Gasteiger partial charge in [-0.15, -0.1) is 0 Å². The Kier molecular flexibility index (Phi) is 5.43. The molecular weight excluding hydrogens is 310 g/mol. The van der Waals surface area contributed by atoms with E-state index in [4.69, 9.17) is 9.47 Å². The lowest BCUT2D eigenvalue weighted by Gasteiger charge is -2.19. The van der Waals surface area contributed by atoms with Gasteiger partial charge in [-0.3, -0.25) is 0 Å². The molecule has 7 heteroatoms. The zero-order valence-electron chi connectivity index (χ0n) is 14.5. The van der Waals surface area contributed by atoms with E-state index in [2.05, 4.69) is 10.3 Å². The Balaban J connectivity index is 2.13. The molecule has 0 bridgehead atoms. The van der Waals surface area contributed by atoms with Gasteiger partial charge < -0.3 is 19.4 Å². The molecule has 2 rings (SSSR count). The summed E-state index contributed by atoms with van der Waals surface area (Å²) in [5.41, 5.74) is 0.964. The van der Waals surface area contributed by atoms with Crippen molar-refractivity contribution in [3.63, 3.8) is 0 Å². The molecule has 0 spiro atoms. The Bertz CT molecular complexity index is 731. The van der Waals surface area contributed by atoms with Crippen molar-refractivity contribution >= 4 is 23.1 Å². The molecule has 0 radical (unpaired) electrons. The van der Waals surface area contributed by atoms with Gasteiger partial charge in [-0.25, -0.2) is 14.6 Å². The van der Waals surface area contributed by atoms with E-state index in [1.807, 2.05) is 24.3 Å². The van der Waals surface area contributed by atoms with Crippen molar-refractivity contribution in [3.05, 3.63) is 30.1 Å². The summed E-state index contributed by atoms with van der Waals surface area (Å²) in [6.07, 6.45) is -0.496. The maximum Gasteiger partial charge on any atom is 0.407 e. The first-order valence-corrected chi connectivity index (χ1v) is 7.91. The number of benzene rings is 1. The van der Waals surface area contributed by atoms with Crippen LogP contribution in [0, 0.1) is 0 Å². The number of para-hydroxylation sites is 2. The molecule has 2 aromatic rings. The van der Waals surface area contributed by atoms with Gasteiger partial charge in [-0.2, -0.15) is 0 Å². The number of imidazole rings is 1. The summed E-state index contributed by atoms with van der Waals surface area (Å²) in [6.45, 7) is 8.11. The third-order valence-electron chi connectivity index (χ3n) is 3.12. The van der Waals surface area contributed by atoms with Gasteiger partial charge in [-0.05, 0) is 39.8 Å². The van der Waals surface area contributed by atoms with Crippen LogP contribution in [0.1, 0.15) is 38.3 Å². The monoisotopic (exact) mass is 333 g/mol. The van der Waals surface area contributed by atoms with Crippen LogP contribution in [0.3, 0.4) is 0 Å². The van der Waals surface area contributed by atoms with Crippen molar-refractivity contribution in [1.82, 2.24) is 14.9 Å². The highest BCUT2D eigenvalue weighted by Gasteiger charge is 2.19. The molecule has 1 N–H and O–H groups in total. The number of nitrogens with zero attached hydrogens (tertiary/aromatic N) is 2. The molecule has 0 aliphatic heterocycles. The van der Waals surface area contributed by atoms with Gasteiger partial charge in [0.05, 0.1) is 17.6 Å². The first-order valence-electron chi connectivity index (χ1n) is 7.91. The number of carbonyl (C=O) groups is 2. The van der Waals surface area contributed by atoms with Gasteiger partial charge in [0, 0.05) is 13.1 Å². The van der Waals surface area contributed by atoms with E-state index in [0.29, 0.717) is 18.6 Å². The summed E-state index contributed by atoms with van der Waals surface area (Å²) in [6, 6.07) is 7.43. The summed E-state index contributed by atoms with van der Waals surface area (Å²) < 4.78 is 12.0. The first kappa shape index (κ1) is 17.8. The maximum atomic E-state index is 12.1. The number of carbonyl (C=O) groups excluding carboxylic acids is 2. The molecule has 1 aromatic heterocycles. The smallest absolute Gasteiger partial charge is 0.407 e. The van der Waals surface area contributed by atoms with E-state index in [1.54, 1.807) is 32.3 Å². The van der Waals surface area contributed by atoms with Crippen LogP contribution in [0.2, 0.25) is 0 Å². The van der Waals surface area contributed by atoms with Crippen molar-refractivity contribution in [1.29, 1.82) is 0 Å². The Morgan fingerprint density at radius 3 is 2.62 bits per heavy atom. The minimum atomic E-state index is -0.554. The average Bonchev–Trinajstić information content (AvgIpc) is 2.85. The van der Waals surface area contributed by atoms with Crippen LogP contribution in [-0.4, -0.2) is 40.4 Å². The highest BCUT2D eigenvalue weighted by atomic mass is 16.6. The number of nitrogens with one attached hydrogen (secondary N) is 1. The molecule has 1 heterocycles. The quantitative estimate of drug-likeness (QED) is 0.851. The number of esters is 1. The third kappa shape index (κ3) is 4.47. The van der Waals surface area contributed by atoms with Crippen LogP contribution in [-0.2, 0) is 16.0 Å². The predicted molar refractivity (Wildman–Crippen MR) is 89.9 cm³/mol. The normalized spacial score (nSPS) is 11.3. The topological polar surface area (TPSA) is 82.5 Å². The van der Waals surface area contributed by atoms with Gasteiger partial charge in [0.15, 0.2) is 0 Å². The highest BCUT2D eigenvalue weighted by Crippen LogP contribution is 2.16. The standard InChI is InChI=1S/C17H23N3O4/c1-5-23-15(21)14-19-12-8-6-7-9-13(12)20(14)11-10-18-16(22)24-17(2,3)4/h6-9H,5,10-11H2,1-4H3,(H,18,22). The van der Waals surface area contributed by atoms with Crippen LogP contribution in [0.4, 0.5) is 4.79 Å². The second-order valence-corrected chi connectivity index (χ2v) is 6.22. The van der Waals surface area contributed by atoms with E-state index >= 15 is 0 Å². The molecule has 0 aliphatic rings. The Morgan fingerprint density at radius 1 is 1.25 bits per heavy atom. The second-order valence-electron chi connectivity index (χ2n) is 6.22. The lowest BCUT2D eigenvalue weighted by atomic mass is 10.2.